The first-order chi connectivity index (χ1) is 15.4. The summed E-state index contributed by atoms with van der Waals surface area (Å²) in [4.78, 5) is 12.0. The minimum Gasteiger partial charge on any atom is -0.455 e. The van der Waals surface area contributed by atoms with Crippen LogP contribution in [-0.2, 0) is 29.7 Å². The van der Waals surface area contributed by atoms with Gasteiger partial charge < -0.3 is 18.3 Å². The summed E-state index contributed by atoms with van der Waals surface area (Å²) in [5.41, 5.74) is 1.08. The van der Waals surface area contributed by atoms with Gasteiger partial charge in [-0.3, -0.25) is 4.79 Å². The topological polar surface area (TPSA) is 54.0 Å². The van der Waals surface area contributed by atoms with Gasteiger partial charge in [0.2, 0.25) is 0 Å². The van der Waals surface area contributed by atoms with E-state index in [0.29, 0.717) is 6.61 Å². The largest absolute Gasteiger partial charge is 0.455 e. The van der Waals surface area contributed by atoms with Crippen LogP contribution in [0.2, 0.25) is 36.3 Å². The minimum absolute atomic E-state index is 0.00526. The van der Waals surface area contributed by atoms with Gasteiger partial charge in [-0.25, -0.2) is 0 Å². The van der Waals surface area contributed by atoms with E-state index >= 15 is 0 Å². The second kappa shape index (κ2) is 10.8. The third kappa shape index (κ3) is 7.37. The molecule has 1 aromatic carbocycles. The molecular weight excluding hydrogens is 460 g/mol. The fourth-order valence-corrected chi connectivity index (χ4v) is 5.89. The van der Waals surface area contributed by atoms with E-state index in [1.54, 1.807) is 0 Å². The van der Waals surface area contributed by atoms with Crippen LogP contribution in [0.3, 0.4) is 0 Å². The zero-order valence-corrected chi connectivity index (χ0v) is 25.1. The molecule has 0 heterocycles. The van der Waals surface area contributed by atoms with Crippen LogP contribution in [-0.4, -0.2) is 47.0 Å². The highest BCUT2D eigenvalue weighted by Crippen LogP contribution is 2.42. The molecule has 0 aromatic heterocycles. The summed E-state index contributed by atoms with van der Waals surface area (Å²) in [6.45, 7) is 24.1. The second-order valence-electron chi connectivity index (χ2n) is 12.4. The van der Waals surface area contributed by atoms with E-state index < -0.39 is 34.9 Å². The fourth-order valence-electron chi connectivity index (χ4n) is 3.34. The highest BCUT2D eigenvalue weighted by Gasteiger charge is 2.49. The van der Waals surface area contributed by atoms with Crippen LogP contribution in [0.15, 0.2) is 42.5 Å². The van der Waals surface area contributed by atoms with Gasteiger partial charge >= 0.3 is 5.97 Å². The maximum absolute atomic E-state index is 12.0. The van der Waals surface area contributed by atoms with Crippen LogP contribution in [0.4, 0.5) is 0 Å². The molecule has 0 bridgehead atoms. The molecule has 34 heavy (non-hydrogen) atoms. The standard InChI is InChI=1S/C27H46O5Si2/c1-20(28)30-22-17-18-23(31-33(8,9)26(2,3)4)24(29-19-21-15-13-12-14-16-21)25(22)32-34(10,11)27(5,6)7/h12-18,22-25H,19H2,1-11H3/t22-,23-,24+,25+/m1/s1. The van der Waals surface area contributed by atoms with E-state index in [9.17, 15) is 4.79 Å². The van der Waals surface area contributed by atoms with Crippen molar-refractivity contribution < 1.29 is 23.1 Å². The van der Waals surface area contributed by atoms with Gasteiger partial charge in [-0.15, -0.1) is 0 Å². The second-order valence-corrected chi connectivity index (χ2v) is 21.9. The molecule has 4 atom stereocenters. The number of hydrogen-bond donors (Lipinski definition) is 0. The molecule has 0 aliphatic heterocycles. The van der Waals surface area contributed by atoms with Crippen LogP contribution < -0.4 is 0 Å². The lowest BCUT2D eigenvalue weighted by molar-refractivity contribution is -0.161. The monoisotopic (exact) mass is 506 g/mol. The Labute approximate surface area is 209 Å². The number of ether oxygens (including phenoxy) is 2. The maximum atomic E-state index is 12.0. The van der Waals surface area contributed by atoms with E-state index in [4.69, 9.17) is 18.3 Å². The first-order valence-corrected chi connectivity index (χ1v) is 18.1. The van der Waals surface area contributed by atoms with Crippen LogP contribution in [0, 0.1) is 0 Å². The molecule has 1 aromatic rings. The Morgan fingerprint density at radius 1 is 0.794 bits per heavy atom. The van der Waals surface area contributed by atoms with E-state index in [1.807, 2.05) is 30.4 Å². The predicted octanol–water partition coefficient (Wildman–Crippen LogP) is 6.85. The van der Waals surface area contributed by atoms with E-state index in [1.165, 1.54) is 6.92 Å². The number of carbonyl (C=O) groups excluding carboxylic acids is 1. The van der Waals surface area contributed by atoms with Crippen LogP contribution in [0.25, 0.3) is 0 Å². The first-order valence-electron chi connectivity index (χ1n) is 12.3. The molecule has 0 spiro atoms. The molecule has 0 saturated carbocycles. The van der Waals surface area contributed by atoms with Crippen LogP contribution in [0.5, 0.6) is 0 Å². The zero-order valence-electron chi connectivity index (χ0n) is 23.1. The molecule has 5 nitrogen and oxygen atoms in total. The third-order valence-corrected chi connectivity index (χ3v) is 16.5. The number of esters is 1. The Balaban J connectivity index is 2.47. The van der Waals surface area contributed by atoms with Crippen molar-refractivity contribution in [1.29, 1.82) is 0 Å². The normalized spacial score (nSPS) is 24.2. The zero-order chi connectivity index (χ0) is 25.9. The summed E-state index contributed by atoms with van der Waals surface area (Å²) in [6, 6.07) is 10.1. The number of carbonyl (C=O) groups is 1. The lowest BCUT2D eigenvalue weighted by Crippen LogP contribution is -2.59. The van der Waals surface area contributed by atoms with Crippen LogP contribution in [0.1, 0.15) is 54.0 Å². The van der Waals surface area contributed by atoms with Gasteiger partial charge in [0.25, 0.3) is 0 Å². The molecule has 0 unspecified atom stereocenters. The van der Waals surface area contributed by atoms with E-state index in [0.717, 1.165) is 5.56 Å². The smallest absolute Gasteiger partial charge is 0.303 e. The summed E-state index contributed by atoms with van der Waals surface area (Å²) < 4.78 is 26.1. The Hall–Kier alpha value is -1.26. The van der Waals surface area contributed by atoms with Crippen molar-refractivity contribution in [3.8, 4) is 0 Å². The van der Waals surface area contributed by atoms with Crippen molar-refractivity contribution in [3.05, 3.63) is 48.0 Å². The summed E-state index contributed by atoms with van der Waals surface area (Å²) in [7, 11) is -4.31. The van der Waals surface area contributed by atoms with Gasteiger partial charge in [0.1, 0.15) is 18.3 Å². The van der Waals surface area contributed by atoms with Crippen molar-refractivity contribution in [1.82, 2.24) is 0 Å². The Morgan fingerprint density at radius 2 is 1.29 bits per heavy atom. The van der Waals surface area contributed by atoms with Crippen molar-refractivity contribution in [2.45, 2.75) is 116 Å². The molecular formula is C27H46O5Si2. The summed E-state index contributed by atoms with van der Waals surface area (Å²) in [5, 5.41) is 0.0437. The Bertz CT molecular complexity index is 837. The van der Waals surface area contributed by atoms with Crippen molar-refractivity contribution in [2.75, 3.05) is 0 Å². The van der Waals surface area contributed by atoms with Gasteiger partial charge in [-0.05, 0) is 47.9 Å². The van der Waals surface area contributed by atoms with Gasteiger partial charge in [-0.1, -0.05) is 78.0 Å². The van der Waals surface area contributed by atoms with Crippen molar-refractivity contribution in [3.63, 3.8) is 0 Å². The van der Waals surface area contributed by atoms with Crippen molar-refractivity contribution in [2.24, 2.45) is 0 Å². The molecule has 0 saturated heterocycles. The maximum Gasteiger partial charge on any atom is 0.303 e. The summed E-state index contributed by atoms with van der Waals surface area (Å²) >= 11 is 0. The SMILES string of the molecule is CC(=O)O[C@@H]1C=C[C@@H](O[Si](C)(C)C(C)(C)C)[C@H](OCc2ccccc2)[C@H]1O[Si](C)(C)C(C)(C)C. The van der Waals surface area contributed by atoms with E-state index in [2.05, 4.69) is 79.9 Å². The van der Waals surface area contributed by atoms with Crippen molar-refractivity contribution >= 4 is 22.6 Å². The molecule has 1 aliphatic rings. The molecule has 192 valence electrons. The first kappa shape index (κ1) is 29.0. The molecule has 1 aliphatic carbocycles. The number of benzene rings is 1. The lowest BCUT2D eigenvalue weighted by atomic mass is 9.96. The number of rotatable bonds is 8. The summed E-state index contributed by atoms with van der Waals surface area (Å²) in [5.74, 6) is -0.330. The molecule has 7 heteroatoms. The van der Waals surface area contributed by atoms with Gasteiger partial charge in [-0.2, -0.15) is 0 Å². The van der Waals surface area contributed by atoms with Gasteiger partial charge in [0, 0.05) is 6.92 Å². The summed E-state index contributed by atoms with van der Waals surface area (Å²) in [6.07, 6.45) is 2.28. The molecule has 0 N–H and O–H groups in total. The van der Waals surface area contributed by atoms with Crippen LogP contribution >= 0.6 is 0 Å². The Morgan fingerprint density at radius 3 is 1.79 bits per heavy atom. The molecule has 0 fully saturated rings. The van der Waals surface area contributed by atoms with Gasteiger partial charge in [0.05, 0.1) is 12.7 Å². The predicted molar refractivity (Wildman–Crippen MR) is 144 cm³/mol. The molecule has 0 amide bonds. The molecule has 2 rings (SSSR count). The highest BCUT2D eigenvalue weighted by molar-refractivity contribution is 6.74. The average molecular weight is 507 g/mol. The highest BCUT2D eigenvalue weighted by atomic mass is 28.4. The van der Waals surface area contributed by atoms with E-state index in [-0.39, 0.29) is 22.1 Å². The van der Waals surface area contributed by atoms with Gasteiger partial charge in [0.15, 0.2) is 16.6 Å². The third-order valence-electron chi connectivity index (χ3n) is 7.52. The fraction of sp³-hybridized carbons (Fsp3) is 0.667. The molecule has 0 radical (unpaired) electrons. The Kier molecular flexibility index (Phi) is 9.19. The quantitative estimate of drug-likeness (QED) is 0.219. The lowest BCUT2D eigenvalue weighted by Gasteiger charge is -2.47. The average Bonchev–Trinajstić information content (AvgIpc) is 2.67. The number of hydrogen-bond acceptors (Lipinski definition) is 5. The minimum atomic E-state index is -2.21.